The van der Waals surface area contributed by atoms with Crippen molar-refractivity contribution in [1.82, 2.24) is 25.4 Å². The maximum atomic E-state index is 12.6. The van der Waals surface area contributed by atoms with Crippen LogP contribution < -0.4 is 5.32 Å². The van der Waals surface area contributed by atoms with Crippen molar-refractivity contribution in [3.05, 3.63) is 47.9 Å². The number of nitrogens with zero attached hydrogens (tertiary/aromatic N) is 4. The molecule has 0 aliphatic rings. The van der Waals surface area contributed by atoms with Crippen LogP contribution in [0.3, 0.4) is 0 Å². The van der Waals surface area contributed by atoms with Crippen LogP contribution >= 0.6 is 0 Å². The molecule has 24 heavy (non-hydrogen) atoms. The van der Waals surface area contributed by atoms with Crippen LogP contribution in [0.2, 0.25) is 0 Å². The van der Waals surface area contributed by atoms with Crippen LogP contribution in [-0.2, 0) is 6.42 Å². The van der Waals surface area contributed by atoms with Gasteiger partial charge in [0.15, 0.2) is 5.82 Å². The van der Waals surface area contributed by atoms with Crippen LogP contribution in [0, 0.1) is 5.92 Å². The molecule has 0 saturated heterocycles. The molecule has 0 fully saturated rings. The Balaban J connectivity index is 1.77. The number of carbonyl (C=O) groups is 1. The van der Waals surface area contributed by atoms with Gasteiger partial charge in [0.1, 0.15) is 11.6 Å². The van der Waals surface area contributed by atoms with E-state index < -0.39 is 6.04 Å². The minimum absolute atomic E-state index is 0.253. The summed E-state index contributed by atoms with van der Waals surface area (Å²) in [5.41, 5.74) is 1.71. The van der Waals surface area contributed by atoms with Gasteiger partial charge in [-0.1, -0.05) is 25.1 Å². The summed E-state index contributed by atoms with van der Waals surface area (Å²) in [7, 11) is 0. The molecule has 1 amide bonds. The lowest BCUT2D eigenvalue weighted by atomic mass is 10.1. The number of fused-ring (bicyclic) bond motifs is 1. The summed E-state index contributed by atoms with van der Waals surface area (Å²) in [6, 6.07) is 4.93. The standard InChI is InChI=1S/C17H19N5O2/c1-10(2)9-14-21-17(24-22-14)11(3)20-16(23)12-5-4-6-13-15(12)19-8-7-18-13/h4-8,10-11H,9H2,1-3H3,(H,20,23). The molecule has 7 heteroatoms. The van der Waals surface area contributed by atoms with E-state index in [2.05, 4.69) is 39.3 Å². The summed E-state index contributed by atoms with van der Waals surface area (Å²) in [5, 5.41) is 6.82. The molecular weight excluding hydrogens is 306 g/mol. The fourth-order valence-electron chi connectivity index (χ4n) is 2.40. The molecule has 0 aliphatic heterocycles. The zero-order valence-corrected chi connectivity index (χ0v) is 13.9. The molecule has 1 unspecified atom stereocenters. The Hall–Kier alpha value is -2.83. The van der Waals surface area contributed by atoms with E-state index >= 15 is 0 Å². The Morgan fingerprint density at radius 1 is 1.21 bits per heavy atom. The quantitative estimate of drug-likeness (QED) is 0.775. The lowest BCUT2D eigenvalue weighted by molar-refractivity contribution is 0.0934. The van der Waals surface area contributed by atoms with Crippen molar-refractivity contribution in [1.29, 1.82) is 0 Å². The van der Waals surface area contributed by atoms with E-state index in [1.165, 1.54) is 0 Å². The van der Waals surface area contributed by atoms with Gasteiger partial charge in [0.25, 0.3) is 5.91 Å². The third-order valence-electron chi connectivity index (χ3n) is 3.54. The first-order valence-electron chi connectivity index (χ1n) is 7.87. The largest absolute Gasteiger partial charge is 0.340 e. The number of amides is 1. The van der Waals surface area contributed by atoms with Crippen molar-refractivity contribution in [2.24, 2.45) is 5.92 Å². The van der Waals surface area contributed by atoms with Gasteiger partial charge in [-0.05, 0) is 25.0 Å². The second kappa shape index (κ2) is 6.74. The van der Waals surface area contributed by atoms with Gasteiger partial charge in [-0.15, -0.1) is 0 Å². The molecule has 0 spiro atoms. The number of aromatic nitrogens is 4. The highest BCUT2D eigenvalue weighted by molar-refractivity contribution is 6.04. The Labute approximate surface area is 139 Å². The van der Waals surface area contributed by atoms with E-state index in [0.29, 0.717) is 34.2 Å². The van der Waals surface area contributed by atoms with Crippen molar-refractivity contribution < 1.29 is 9.32 Å². The maximum Gasteiger partial charge on any atom is 0.254 e. The summed E-state index contributed by atoms with van der Waals surface area (Å²) < 4.78 is 5.25. The van der Waals surface area contributed by atoms with Crippen LogP contribution in [0.5, 0.6) is 0 Å². The van der Waals surface area contributed by atoms with Crippen molar-refractivity contribution >= 4 is 16.9 Å². The molecule has 124 valence electrons. The van der Waals surface area contributed by atoms with E-state index in [1.807, 2.05) is 6.07 Å². The number of para-hydroxylation sites is 1. The van der Waals surface area contributed by atoms with E-state index in [9.17, 15) is 4.79 Å². The van der Waals surface area contributed by atoms with Crippen LogP contribution in [-0.4, -0.2) is 26.0 Å². The molecule has 1 aromatic carbocycles. The highest BCUT2D eigenvalue weighted by atomic mass is 16.5. The molecule has 2 heterocycles. The molecule has 3 aromatic rings. The monoisotopic (exact) mass is 325 g/mol. The van der Waals surface area contributed by atoms with E-state index in [0.717, 1.165) is 6.42 Å². The van der Waals surface area contributed by atoms with E-state index in [-0.39, 0.29) is 5.91 Å². The minimum atomic E-state index is -0.391. The topological polar surface area (TPSA) is 93.8 Å². The van der Waals surface area contributed by atoms with Crippen LogP contribution in [0.25, 0.3) is 11.0 Å². The number of carbonyl (C=O) groups excluding carboxylic acids is 1. The zero-order chi connectivity index (χ0) is 17.1. The number of hydrogen-bond donors (Lipinski definition) is 1. The minimum Gasteiger partial charge on any atom is -0.340 e. The normalized spacial score (nSPS) is 12.5. The lowest BCUT2D eigenvalue weighted by Gasteiger charge is -2.10. The molecule has 1 N–H and O–H groups in total. The smallest absolute Gasteiger partial charge is 0.254 e. The zero-order valence-electron chi connectivity index (χ0n) is 13.9. The predicted octanol–water partition coefficient (Wildman–Crippen LogP) is 2.70. The molecule has 0 bridgehead atoms. The van der Waals surface area contributed by atoms with Gasteiger partial charge in [0, 0.05) is 18.8 Å². The molecule has 2 aromatic heterocycles. The highest BCUT2D eigenvalue weighted by Crippen LogP contribution is 2.16. The Morgan fingerprint density at radius 2 is 2.00 bits per heavy atom. The molecule has 3 rings (SSSR count). The number of benzene rings is 1. The van der Waals surface area contributed by atoms with Crippen molar-refractivity contribution in [3.8, 4) is 0 Å². The van der Waals surface area contributed by atoms with E-state index in [4.69, 9.17) is 4.52 Å². The second-order valence-electron chi connectivity index (χ2n) is 6.07. The Bertz CT molecular complexity index is 854. The Kier molecular flexibility index (Phi) is 4.50. The fraction of sp³-hybridized carbons (Fsp3) is 0.353. The predicted molar refractivity (Wildman–Crippen MR) is 88.3 cm³/mol. The number of nitrogens with one attached hydrogen (secondary N) is 1. The number of rotatable bonds is 5. The van der Waals surface area contributed by atoms with Crippen molar-refractivity contribution in [2.75, 3.05) is 0 Å². The third kappa shape index (κ3) is 3.40. The molecule has 0 saturated carbocycles. The molecular formula is C17H19N5O2. The van der Waals surface area contributed by atoms with Crippen molar-refractivity contribution in [2.45, 2.75) is 33.2 Å². The molecule has 0 radical (unpaired) electrons. The summed E-state index contributed by atoms with van der Waals surface area (Å²) >= 11 is 0. The van der Waals surface area contributed by atoms with Gasteiger partial charge in [-0.3, -0.25) is 14.8 Å². The van der Waals surface area contributed by atoms with Gasteiger partial charge in [0.05, 0.1) is 11.1 Å². The van der Waals surface area contributed by atoms with Crippen LogP contribution in [0.1, 0.15) is 48.9 Å². The average molecular weight is 325 g/mol. The third-order valence-corrected chi connectivity index (χ3v) is 3.54. The first kappa shape index (κ1) is 16.0. The second-order valence-corrected chi connectivity index (χ2v) is 6.07. The summed E-state index contributed by atoms with van der Waals surface area (Å²) in [4.78, 5) is 25.4. The first-order valence-corrected chi connectivity index (χ1v) is 7.87. The Morgan fingerprint density at radius 3 is 2.79 bits per heavy atom. The van der Waals surface area contributed by atoms with Gasteiger partial charge in [0.2, 0.25) is 5.89 Å². The first-order chi connectivity index (χ1) is 11.5. The summed E-state index contributed by atoms with van der Waals surface area (Å²) in [6.07, 6.45) is 3.91. The highest BCUT2D eigenvalue weighted by Gasteiger charge is 2.19. The SMILES string of the molecule is CC(C)Cc1noc(C(C)NC(=O)c2cccc3nccnc23)n1. The fourth-order valence-corrected chi connectivity index (χ4v) is 2.40. The average Bonchev–Trinajstić information content (AvgIpc) is 3.02. The molecule has 1 atom stereocenters. The van der Waals surface area contributed by atoms with Gasteiger partial charge in [-0.25, -0.2) is 0 Å². The van der Waals surface area contributed by atoms with E-state index in [1.54, 1.807) is 31.5 Å². The molecule has 7 nitrogen and oxygen atoms in total. The van der Waals surface area contributed by atoms with Crippen LogP contribution in [0.15, 0.2) is 35.1 Å². The summed E-state index contributed by atoms with van der Waals surface area (Å²) in [5.74, 6) is 1.23. The van der Waals surface area contributed by atoms with Gasteiger partial charge < -0.3 is 9.84 Å². The van der Waals surface area contributed by atoms with Crippen molar-refractivity contribution in [3.63, 3.8) is 0 Å². The van der Waals surface area contributed by atoms with Crippen LogP contribution in [0.4, 0.5) is 0 Å². The number of hydrogen-bond acceptors (Lipinski definition) is 6. The maximum absolute atomic E-state index is 12.6. The summed E-state index contributed by atoms with van der Waals surface area (Å²) in [6.45, 7) is 5.98. The molecule has 0 aliphatic carbocycles. The van der Waals surface area contributed by atoms with Gasteiger partial charge in [-0.2, -0.15) is 4.98 Å². The lowest BCUT2D eigenvalue weighted by Crippen LogP contribution is -2.27. The van der Waals surface area contributed by atoms with Gasteiger partial charge >= 0.3 is 0 Å².